The Labute approximate surface area is 105 Å². The molecule has 0 aliphatic carbocycles. The number of amides is 1. The molecule has 0 fully saturated rings. The van der Waals surface area contributed by atoms with Crippen LogP contribution in [0.1, 0.15) is 5.56 Å². The van der Waals surface area contributed by atoms with Gasteiger partial charge in [-0.3, -0.25) is 4.79 Å². The number of anilines is 1. The van der Waals surface area contributed by atoms with E-state index in [-0.39, 0.29) is 5.91 Å². The van der Waals surface area contributed by atoms with Crippen LogP contribution in [0, 0.1) is 6.92 Å². The van der Waals surface area contributed by atoms with E-state index in [1.54, 1.807) is 13.1 Å². The first-order valence-electron chi connectivity index (χ1n) is 4.69. The Morgan fingerprint density at radius 1 is 1.50 bits per heavy atom. The van der Waals surface area contributed by atoms with E-state index in [0.717, 1.165) is 5.56 Å². The van der Waals surface area contributed by atoms with Crippen LogP contribution < -0.4 is 10.6 Å². The number of hydrogen-bond donors (Lipinski definition) is 3. The number of carbonyl (C=O) groups is 1. The lowest BCUT2D eigenvalue weighted by molar-refractivity contribution is -0.112. The quantitative estimate of drug-likeness (QED) is 0.575. The van der Waals surface area contributed by atoms with Crippen LogP contribution in [0.2, 0.25) is 5.02 Å². The third-order valence-corrected chi connectivity index (χ3v) is 2.62. The predicted molar refractivity (Wildman–Crippen MR) is 70.9 cm³/mol. The maximum absolute atomic E-state index is 11.7. The number of carbonyl (C=O) groups excluding carboxylic acids is 1. The Balaban J connectivity index is 2.89. The summed E-state index contributed by atoms with van der Waals surface area (Å²) in [6.07, 6.45) is 1.50. The van der Waals surface area contributed by atoms with Crippen molar-refractivity contribution in [2.75, 3.05) is 12.4 Å². The zero-order chi connectivity index (χ0) is 12.1. The van der Waals surface area contributed by atoms with Crippen LogP contribution in [-0.2, 0) is 4.79 Å². The van der Waals surface area contributed by atoms with E-state index < -0.39 is 0 Å². The molecule has 2 N–H and O–H groups in total. The van der Waals surface area contributed by atoms with Gasteiger partial charge >= 0.3 is 0 Å². The molecule has 1 amide bonds. The minimum absolute atomic E-state index is 0.293. The first kappa shape index (κ1) is 12.9. The van der Waals surface area contributed by atoms with Crippen molar-refractivity contribution in [3.05, 3.63) is 39.9 Å². The van der Waals surface area contributed by atoms with E-state index in [9.17, 15) is 4.79 Å². The van der Waals surface area contributed by atoms with Crippen LogP contribution in [0.3, 0.4) is 0 Å². The normalized spacial score (nSPS) is 11.1. The Morgan fingerprint density at radius 2 is 2.19 bits per heavy atom. The van der Waals surface area contributed by atoms with Crippen LogP contribution in [0.4, 0.5) is 5.69 Å². The lowest BCUT2D eigenvalue weighted by Crippen LogP contribution is -2.14. The summed E-state index contributed by atoms with van der Waals surface area (Å²) in [6.45, 7) is 1.88. The molecule has 5 heteroatoms. The molecule has 0 aliphatic heterocycles. The number of nitrogens with one attached hydrogen (secondary N) is 2. The van der Waals surface area contributed by atoms with Gasteiger partial charge in [-0.25, -0.2) is 0 Å². The molecule has 86 valence electrons. The highest BCUT2D eigenvalue weighted by Crippen LogP contribution is 2.25. The molecule has 0 saturated heterocycles. The fraction of sp³-hybridized carbons (Fsp3) is 0.182. The van der Waals surface area contributed by atoms with Gasteiger partial charge in [0.2, 0.25) is 0 Å². The molecule has 1 rings (SSSR count). The third-order valence-electron chi connectivity index (χ3n) is 1.97. The number of para-hydroxylation sites is 1. The van der Waals surface area contributed by atoms with Gasteiger partial charge in [0, 0.05) is 13.2 Å². The van der Waals surface area contributed by atoms with Gasteiger partial charge in [-0.05, 0) is 18.6 Å². The van der Waals surface area contributed by atoms with Gasteiger partial charge in [0.15, 0.2) is 0 Å². The van der Waals surface area contributed by atoms with Crippen LogP contribution in [0.5, 0.6) is 0 Å². The maximum atomic E-state index is 11.7. The molecule has 0 unspecified atom stereocenters. The first-order valence-corrected chi connectivity index (χ1v) is 5.51. The molecule has 3 nitrogen and oxygen atoms in total. The van der Waals surface area contributed by atoms with Crippen molar-refractivity contribution < 1.29 is 4.79 Å². The van der Waals surface area contributed by atoms with Gasteiger partial charge in [-0.1, -0.05) is 23.7 Å². The number of thiol groups is 1. The molecule has 0 radical (unpaired) electrons. The van der Waals surface area contributed by atoms with Gasteiger partial charge in [0.1, 0.15) is 0 Å². The van der Waals surface area contributed by atoms with E-state index in [1.807, 2.05) is 19.1 Å². The summed E-state index contributed by atoms with van der Waals surface area (Å²) >= 11 is 10.0. The number of aryl methyl sites for hydroxylation is 1. The van der Waals surface area contributed by atoms with Crippen LogP contribution in [0.15, 0.2) is 29.3 Å². The van der Waals surface area contributed by atoms with Crippen LogP contribution >= 0.6 is 24.2 Å². The van der Waals surface area contributed by atoms with Crippen molar-refractivity contribution in [3.8, 4) is 0 Å². The highest BCUT2D eigenvalue weighted by atomic mass is 35.5. The zero-order valence-corrected chi connectivity index (χ0v) is 10.7. The molecular formula is C11H13ClN2OS. The average molecular weight is 257 g/mol. The van der Waals surface area contributed by atoms with Crippen molar-refractivity contribution in [2.24, 2.45) is 0 Å². The summed E-state index contributed by atoms with van der Waals surface area (Å²) < 4.78 is 0. The van der Waals surface area contributed by atoms with Crippen molar-refractivity contribution in [3.63, 3.8) is 0 Å². The number of rotatable bonds is 3. The summed E-state index contributed by atoms with van der Waals surface area (Å²) in [6, 6.07) is 5.43. The Kier molecular flexibility index (Phi) is 4.71. The summed E-state index contributed by atoms with van der Waals surface area (Å²) in [5, 5.41) is 5.95. The minimum atomic E-state index is -0.297. The molecule has 1 aromatic carbocycles. The van der Waals surface area contributed by atoms with Crippen molar-refractivity contribution in [1.82, 2.24) is 5.32 Å². The van der Waals surface area contributed by atoms with Crippen LogP contribution in [0.25, 0.3) is 0 Å². The molecule has 0 aliphatic rings. The maximum Gasteiger partial charge on any atom is 0.263 e. The van der Waals surface area contributed by atoms with Gasteiger partial charge in [-0.2, -0.15) is 0 Å². The average Bonchev–Trinajstić information content (AvgIpc) is 2.23. The third kappa shape index (κ3) is 3.18. The van der Waals surface area contributed by atoms with Gasteiger partial charge in [0.05, 0.1) is 15.6 Å². The van der Waals surface area contributed by atoms with E-state index in [4.69, 9.17) is 11.6 Å². The molecule has 1 aromatic rings. The zero-order valence-electron chi connectivity index (χ0n) is 9.04. The van der Waals surface area contributed by atoms with E-state index >= 15 is 0 Å². The molecule has 0 heterocycles. The molecule has 0 atom stereocenters. The van der Waals surface area contributed by atoms with Crippen molar-refractivity contribution in [2.45, 2.75) is 6.92 Å². The van der Waals surface area contributed by atoms with E-state index in [1.165, 1.54) is 6.20 Å². The molecule has 0 spiro atoms. The molecule has 0 aromatic heterocycles. The van der Waals surface area contributed by atoms with Crippen LogP contribution in [-0.4, -0.2) is 13.0 Å². The largest absolute Gasteiger partial charge is 0.393 e. The van der Waals surface area contributed by atoms with Crippen molar-refractivity contribution >= 4 is 35.8 Å². The second kappa shape index (κ2) is 5.82. The summed E-state index contributed by atoms with van der Waals surface area (Å²) in [7, 11) is 1.70. The van der Waals surface area contributed by atoms with E-state index in [0.29, 0.717) is 15.6 Å². The number of halogens is 1. The lowest BCUT2D eigenvalue weighted by Gasteiger charge is -2.09. The molecule has 16 heavy (non-hydrogen) atoms. The van der Waals surface area contributed by atoms with Crippen molar-refractivity contribution in [1.29, 1.82) is 0 Å². The summed E-state index contributed by atoms with van der Waals surface area (Å²) in [5.41, 5.74) is 1.52. The fourth-order valence-corrected chi connectivity index (χ4v) is 1.62. The standard InChI is InChI=1S/C11H13ClN2OS/c1-7-4-3-5-8(12)10(7)14-11(15)9(16)6-13-2/h3-6,13,16H,1-2H3,(H,14,15)/b9-6-. The number of hydrogen-bond acceptors (Lipinski definition) is 3. The van der Waals surface area contributed by atoms with E-state index in [2.05, 4.69) is 23.3 Å². The Hall–Kier alpha value is -1.13. The highest BCUT2D eigenvalue weighted by Gasteiger charge is 2.09. The lowest BCUT2D eigenvalue weighted by atomic mass is 10.2. The molecule has 0 bridgehead atoms. The van der Waals surface area contributed by atoms with Gasteiger partial charge in [0.25, 0.3) is 5.91 Å². The first-order chi connectivity index (χ1) is 7.56. The topological polar surface area (TPSA) is 41.1 Å². The second-order valence-electron chi connectivity index (χ2n) is 3.20. The predicted octanol–water partition coefficient (Wildman–Crippen LogP) is 2.58. The smallest absolute Gasteiger partial charge is 0.263 e. The molecule has 0 saturated carbocycles. The summed E-state index contributed by atoms with van der Waals surface area (Å²) in [5.74, 6) is -0.297. The van der Waals surface area contributed by atoms with Gasteiger partial charge < -0.3 is 10.6 Å². The second-order valence-corrected chi connectivity index (χ2v) is 4.09. The SMILES string of the molecule is CN/C=C(\S)C(=O)Nc1c(C)cccc1Cl. The number of benzene rings is 1. The van der Waals surface area contributed by atoms with Gasteiger partial charge in [-0.15, -0.1) is 12.6 Å². The minimum Gasteiger partial charge on any atom is -0.393 e. The monoisotopic (exact) mass is 256 g/mol. The fourth-order valence-electron chi connectivity index (χ4n) is 1.17. The summed E-state index contributed by atoms with van der Waals surface area (Å²) in [4.78, 5) is 11.9. The Morgan fingerprint density at radius 3 is 2.75 bits per heavy atom. The highest BCUT2D eigenvalue weighted by molar-refractivity contribution is 7.85. The Bertz CT molecular complexity index is 412. The molecular weight excluding hydrogens is 244 g/mol.